The first-order chi connectivity index (χ1) is 1.00. The Morgan fingerprint density at radius 1 is 1.00 bits per heavy atom. The Morgan fingerprint density at radius 3 is 1.00 bits per heavy atom. The molecule has 0 saturated heterocycles. The molecule has 0 amide bonds. The predicted molar refractivity (Wildman–Crippen MR) is 28.9 cm³/mol. The van der Waals surface area contributed by atoms with Crippen molar-refractivity contribution in [3.63, 3.8) is 0 Å². The summed E-state index contributed by atoms with van der Waals surface area (Å²) in [5, 5.41) is 0. The zero-order valence-electron chi connectivity index (χ0n) is 3.61. The molecule has 0 spiro atoms. The molecule has 1 radical (unpaired) electrons. The van der Waals surface area contributed by atoms with E-state index >= 15 is 0 Å². The van der Waals surface area contributed by atoms with Gasteiger partial charge in [0.05, 0.1) is 0 Å². The zero-order valence-corrected chi connectivity index (χ0v) is 15.9. The first kappa shape index (κ1) is 44.8. The predicted octanol–water partition coefficient (Wildman–Crippen LogP) is -0.116. The molecular formula is H4CdEuOS3Zn. The molecule has 0 aliphatic rings. The molecule has 0 aromatic carbocycles. The van der Waals surface area contributed by atoms with Gasteiger partial charge in [-0.2, -0.15) is 31.2 Å². The molecule has 7 heteroatoms. The van der Waals surface area contributed by atoms with E-state index in [-0.39, 0.29) is 123 Å². The van der Waals surface area contributed by atoms with Crippen LogP contribution in [0.1, 0.15) is 0 Å². The average molecular weight is 446 g/mol. The van der Waals surface area contributed by atoms with Crippen LogP contribution in [0.25, 0.3) is 0 Å². The summed E-state index contributed by atoms with van der Waals surface area (Å²) < 4.78 is 7.83. The van der Waals surface area contributed by atoms with Crippen LogP contribution in [0.4, 0.5) is 0 Å². The topological polar surface area (TPSA) is 17.1 Å². The first-order valence-electron chi connectivity index (χ1n) is 0.167. The number of hydrogen-bond donors (Lipinski definition) is 0. The van der Waals surface area contributed by atoms with E-state index in [0.29, 0.717) is 0 Å². The fraction of sp³-hybridized carbons (Fsp3) is 0. The third-order valence-electron chi connectivity index (χ3n) is 0. The molecule has 0 aliphatic carbocycles. The summed E-state index contributed by atoms with van der Waals surface area (Å²) in [4.78, 5) is 0. The Kier molecular flexibility index (Phi) is 333. The number of rotatable bonds is 0. The molecule has 0 unspecified atom stereocenters. The van der Waals surface area contributed by atoms with Gasteiger partial charge < -0.3 is 0 Å². The van der Waals surface area contributed by atoms with Crippen molar-refractivity contribution < 1.29 is 100 Å². The Balaban J connectivity index is -0.000000000500. The fourth-order valence-electron chi connectivity index (χ4n) is 0. The second-order valence-corrected chi connectivity index (χ2v) is 0. The van der Waals surface area contributed by atoms with Crippen LogP contribution in [0.2, 0.25) is 0 Å². The Morgan fingerprint density at radius 2 is 1.00 bits per heavy atom. The van der Waals surface area contributed by atoms with Crippen LogP contribution < -0.4 is 0 Å². The molecule has 0 saturated carbocycles. The van der Waals surface area contributed by atoms with Crippen molar-refractivity contribution in [3.05, 3.63) is 0 Å². The van der Waals surface area contributed by atoms with Crippen LogP contribution in [0, 0.1) is 49.4 Å². The molecule has 1 nitrogen and oxygen atoms in total. The Hall–Kier alpha value is 3.85. The molecule has 39 valence electrons. The van der Waals surface area contributed by atoms with Gasteiger partial charge in [-0.05, 0) is 0 Å². The molecule has 0 fully saturated rings. The van der Waals surface area contributed by atoms with Crippen LogP contribution in [0.15, 0.2) is 0 Å². The maximum atomic E-state index is 7.83. The Bertz CT molecular complexity index is 14.9. The van der Waals surface area contributed by atoms with Gasteiger partial charge in [0, 0.05) is 96.2 Å². The maximum absolute atomic E-state index is 7.83. The zero-order chi connectivity index (χ0) is 2.00. The van der Waals surface area contributed by atoms with E-state index in [0.717, 1.165) is 0 Å². The van der Waals surface area contributed by atoms with Crippen LogP contribution in [0.5, 0.6) is 0 Å². The summed E-state index contributed by atoms with van der Waals surface area (Å²) in [6.07, 6.45) is 0. The van der Waals surface area contributed by atoms with Crippen molar-refractivity contribution in [2.75, 3.05) is 0 Å². The van der Waals surface area contributed by atoms with Crippen LogP contribution >= 0.6 is 27.0 Å². The van der Waals surface area contributed by atoms with Crippen molar-refractivity contribution in [2.24, 2.45) is 0 Å². The molecule has 0 aliphatic heterocycles. The fourth-order valence-corrected chi connectivity index (χ4v) is 0. The van der Waals surface area contributed by atoms with Gasteiger partial charge >= 0.3 is 0 Å². The van der Waals surface area contributed by atoms with Crippen molar-refractivity contribution in [1.29, 1.82) is 0 Å². The summed E-state index contributed by atoms with van der Waals surface area (Å²) in [6.45, 7) is 0. The maximum Gasteiger partial charge on any atom is 0.197 e. The van der Waals surface area contributed by atoms with Crippen molar-refractivity contribution >= 4 is 39.5 Å². The van der Waals surface area contributed by atoms with Gasteiger partial charge in [0.2, 0.25) is 0 Å². The van der Waals surface area contributed by atoms with E-state index in [1.165, 1.54) is 0 Å². The van der Waals surface area contributed by atoms with Gasteiger partial charge in [0.15, 0.2) is 12.5 Å². The van der Waals surface area contributed by atoms with E-state index in [4.69, 9.17) is 4.21 Å². The molecule has 0 rings (SSSR count). The minimum atomic E-state index is 0. The molecule has 0 N–H and O–H groups in total. The minimum Gasteiger partial charge on any atom is -0.197 e. The molecule has 0 atom stereocenters. The summed E-state index contributed by atoms with van der Waals surface area (Å²) in [6, 6.07) is 0. The van der Waals surface area contributed by atoms with Crippen LogP contribution in [-0.4, -0.2) is 4.21 Å². The quantitative estimate of drug-likeness (QED) is 0.484. The third kappa shape index (κ3) is 41.0. The van der Waals surface area contributed by atoms with E-state index < -0.39 is 0 Å². The van der Waals surface area contributed by atoms with E-state index in [9.17, 15) is 0 Å². The molecule has 0 aromatic rings. The Labute approximate surface area is 136 Å². The normalized spacial score (nSPS) is 0.571. The minimum absolute atomic E-state index is 0. The molecule has 7 heavy (non-hydrogen) atoms. The summed E-state index contributed by atoms with van der Waals surface area (Å²) in [7, 11) is 0. The van der Waals surface area contributed by atoms with E-state index in [1.807, 2.05) is 0 Å². The third-order valence-corrected chi connectivity index (χ3v) is 0. The van der Waals surface area contributed by atoms with E-state index in [1.54, 1.807) is 0 Å². The second kappa shape index (κ2) is 52.0. The summed E-state index contributed by atoms with van der Waals surface area (Å²) >= 11 is 2.83. The van der Waals surface area contributed by atoms with Gasteiger partial charge in [-0.1, -0.05) is 0 Å². The van der Waals surface area contributed by atoms with Crippen LogP contribution in [-0.2, 0) is 59.3 Å². The molecule has 0 bridgehead atoms. The summed E-state index contributed by atoms with van der Waals surface area (Å²) in [5.41, 5.74) is 0. The van der Waals surface area contributed by atoms with Crippen molar-refractivity contribution in [1.82, 2.24) is 0 Å². The van der Waals surface area contributed by atoms with Crippen molar-refractivity contribution in [2.45, 2.75) is 0 Å². The van der Waals surface area contributed by atoms with Gasteiger partial charge in [-0.25, -0.2) is 0 Å². The molecule has 0 aromatic heterocycles. The molecule has 0 heterocycles. The largest absolute Gasteiger partial charge is 0.197 e. The van der Waals surface area contributed by atoms with Gasteiger partial charge in [0.25, 0.3) is 0 Å². The van der Waals surface area contributed by atoms with Gasteiger partial charge in [-0.3, -0.25) is 0 Å². The van der Waals surface area contributed by atoms with E-state index in [2.05, 4.69) is 12.5 Å². The standard InChI is InChI=1S/Cd.Eu.OS.2H2S.Zn/c;;1-2;;;/h;;;2*1H2;. The molecular weight excluding hydrogens is 442 g/mol. The number of hydrogen-bond acceptors (Lipinski definition) is 2. The van der Waals surface area contributed by atoms with Gasteiger partial charge in [0.1, 0.15) is 0 Å². The van der Waals surface area contributed by atoms with Crippen LogP contribution in [0.3, 0.4) is 0 Å². The summed E-state index contributed by atoms with van der Waals surface area (Å²) in [5.74, 6) is 0. The first-order valence-corrected chi connectivity index (χ1v) is 0.500. The SMILES string of the molecule is O=S.S.S.[Cd].[Eu].[Zn]. The smallest absolute Gasteiger partial charge is 0.197 e. The van der Waals surface area contributed by atoms with Gasteiger partial charge in [-0.15, -0.1) is 0 Å². The average Bonchev–Trinajstić information content (AvgIpc) is 1.00. The second-order valence-electron chi connectivity index (χ2n) is 0. The monoisotopic (exact) mass is 447 g/mol. The van der Waals surface area contributed by atoms with Crippen molar-refractivity contribution in [3.8, 4) is 0 Å².